The van der Waals surface area contributed by atoms with Crippen molar-refractivity contribution >= 4 is 35.4 Å². The molecule has 0 heterocycles. The minimum absolute atomic E-state index is 0. The van der Waals surface area contributed by atoms with Gasteiger partial charge in [-0.15, -0.1) is 0 Å². The average molecular weight is 244 g/mol. The first kappa shape index (κ1) is 17.3. The topological polar surface area (TPSA) is 52.6 Å². The first-order chi connectivity index (χ1) is 4.54. The summed E-state index contributed by atoms with van der Waals surface area (Å²) in [6.07, 6.45) is 0. The van der Waals surface area contributed by atoms with E-state index in [1.807, 2.05) is 0 Å². The van der Waals surface area contributed by atoms with Crippen molar-refractivity contribution in [1.82, 2.24) is 10.1 Å². The van der Waals surface area contributed by atoms with Gasteiger partial charge in [0.2, 0.25) is 0 Å². The van der Waals surface area contributed by atoms with E-state index in [4.69, 9.17) is 0 Å². The molecule has 0 rings (SSSR count). The van der Waals surface area contributed by atoms with Gasteiger partial charge in [0.1, 0.15) is 0 Å². The van der Waals surface area contributed by atoms with Gasteiger partial charge in [-0.1, -0.05) is 24.4 Å². The van der Waals surface area contributed by atoms with Gasteiger partial charge in [-0.3, -0.25) is 0 Å². The Hall–Kier alpha value is 0.219. The summed E-state index contributed by atoms with van der Waals surface area (Å²) in [5.74, 6) is 0. The van der Waals surface area contributed by atoms with Crippen molar-refractivity contribution in [2.45, 2.75) is 0 Å². The van der Waals surface area contributed by atoms with Crippen LogP contribution in [-0.2, 0) is 17.1 Å². The summed E-state index contributed by atoms with van der Waals surface area (Å²) < 4.78 is 0. The van der Waals surface area contributed by atoms with Crippen molar-refractivity contribution in [2.75, 3.05) is 14.1 Å². The van der Waals surface area contributed by atoms with Crippen molar-refractivity contribution in [2.24, 2.45) is 0 Å². The maximum atomic E-state index is 9.57. The molecule has 0 aromatic carbocycles. The summed E-state index contributed by atoms with van der Waals surface area (Å²) in [5, 5.41) is 20.3. The molecule has 0 amide bonds. The van der Waals surface area contributed by atoms with Crippen LogP contribution in [0.15, 0.2) is 0 Å². The summed E-state index contributed by atoms with van der Waals surface area (Å²) in [7, 11) is 2.68. The molecule has 0 bridgehead atoms. The Balaban J connectivity index is -0.000000107. The van der Waals surface area contributed by atoms with Gasteiger partial charge in [-0.05, 0) is 14.1 Å². The van der Waals surface area contributed by atoms with Crippen LogP contribution in [0.4, 0.5) is 0 Å². The SMILES string of the molecule is CN([O-])C=S.CN([O-])C=S.[Cu+2]. The van der Waals surface area contributed by atoms with E-state index in [1.54, 1.807) is 0 Å². The van der Waals surface area contributed by atoms with E-state index < -0.39 is 0 Å². The number of hydrogen-bond acceptors (Lipinski definition) is 4. The minimum atomic E-state index is 0. The van der Waals surface area contributed by atoms with E-state index in [-0.39, 0.29) is 17.1 Å². The molecule has 7 heteroatoms. The quantitative estimate of drug-likeness (QED) is 0.405. The summed E-state index contributed by atoms with van der Waals surface area (Å²) in [6.45, 7) is 0. The van der Waals surface area contributed by atoms with Gasteiger partial charge >= 0.3 is 17.1 Å². The average Bonchev–Trinajstić information content (AvgIpc) is 1.89. The Morgan fingerprint density at radius 1 is 1.00 bits per heavy atom. The number of hydrogen-bond donors (Lipinski definition) is 0. The fourth-order valence-electron chi connectivity index (χ4n) is 0. The molecule has 0 atom stereocenters. The van der Waals surface area contributed by atoms with E-state index >= 15 is 0 Å². The van der Waals surface area contributed by atoms with Crippen molar-refractivity contribution in [3.8, 4) is 0 Å². The number of rotatable bonds is 2. The Kier molecular flexibility index (Phi) is 20.3. The van der Waals surface area contributed by atoms with Crippen LogP contribution in [-0.4, -0.2) is 35.2 Å². The maximum absolute atomic E-state index is 9.57. The molecule has 1 radical (unpaired) electrons. The standard InChI is InChI=1S/2C2H4NOS.Cu/c2*1-3(4)2-5;/h2*2H,1H3;/q2*-1;+2. The third-order valence-corrected chi connectivity index (χ3v) is 0.891. The molecule has 0 aliphatic carbocycles. The van der Waals surface area contributed by atoms with Gasteiger partial charge in [-0.2, -0.15) is 0 Å². The van der Waals surface area contributed by atoms with Gasteiger partial charge in [-0.25, -0.2) is 0 Å². The predicted octanol–water partition coefficient (Wildman–Crippen LogP) is 0.744. The molecule has 0 N–H and O–H groups in total. The number of thiocarbonyl (C=S) groups is 2. The zero-order chi connectivity index (χ0) is 8.57. The molecule has 0 saturated heterocycles. The molecule has 4 nitrogen and oxygen atoms in total. The Labute approximate surface area is 87.2 Å². The zero-order valence-electron chi connectivity index (χ0n) is 5.98. The van der Waals surface area contributed by atoms with Crippen LogP contribution in [0, 0.1) is 10.4 Å². The van der Waals surface area contributed by atoms with Crippen LogP contribution in [0.25, 0.3) is 0 Å². The monoisotopic (exact) mass is 243 g/mol. The number of hydroxylamine groups is 4. The largest absolute Gasteiger partial charge is 2.00 e. The van der Waals surface area contributed by atoms with Crippen LogP contribution in [0.2, 0.25) is 0 Å². The normalized spacial score (nSPS) is 6.18. The molecule has 0 aliphatic heterocycles. The fraction of sp³-hybridized carbons (Fsp3) is 0.500. The molecule has 11 heavy (non-hydrogen) atoms. The Morgan fingerprint density at radius 3 is 1.09 bits per heavy atom. The van der Waals surface area contributed by atoms with E-state index in [9.17, 15) is 10.4 Å². The molecule has 0 aromatic rings. The predicted molar refractivity (Wildman–Crippen MR) is 49.6 cm³/mol. The summed E-state index contributed by atoms with van der Waals surface area (Å²) >= 11 is 8.33. The molecule has 0 saturated carbocycles. The molecular formula is C4H8CuN2O2S2. The third-order valence-electron chi connectivity index (χ3n) is 0.297. The van der Waals surface area contributed by atoms with Gasteiger partial charge in [0.05, 0.1) is 11.0 Å². The van der Waals surface area contributed by atoms with Gasteiger partial charge in [0.15, 0.2) is 0 Å². The maximum Gasteiger partial charge on any atom is 2.00 e. The smallest absolute Gasteiger partial charge is 0.758 e. The molecule has 0 spiro atoms. The second-order valence-corrected chi connectivity index (χ2v) is 1.72. The molecular weight excluding hydrogens is 236 g/mol. The summed E-state index contributed by atoms with van der Waals surface area (Å²) in [4.78, 5) is 0. The third kappa shape index (κ3) is 38.8. The van der Waals surface area contributed by atoms with Crippen molar-refractivity contribution in [1.29, 1.82) is 0 Å². The molecule has 0 aliphatic rings. The molecule has 0 unspecified atom stereocenters. The first-order valence-electron chi connectivity index (χ1n) is 2.25. The Bertz CT molecular complexity index is 90.1. The molecule has 0 fully saturated rings. The van der Waals surface area contributed by atoms with Crippen molar-refractivity contribution in [3.63, 3.8) is 0 Å². The van der Waals surface area contributed by atoms with Crippen LogP contribution in [0.1, 0.15) is 0 Å². The van der Waals surface area contributed by atoms with E-state index in [0.29, 0.717) is 10.1 Å². The van der Waals surface area contributed by atoms with E-state index in [1.165, 1.54) is 14.1 Å². The van der Waals surface area contributed by atoms with Crippen molar-refractivity contribution in [3.05, 3.63) is 10.4 Å². The second-order valence-electron chi connectivity index (χ2n) is 1.30. The summed E-state index contributed by atoms with van der Waals surface area (Å²) in [6, 6.07) is 0. The zero-order valence-corrected chi connectivity index (χ0v) is 8.56. The minimum Gasteiger partial charge on any atom is -0.758 e. The van der Waals surface area contributed by atoms with Crippen LogP contribution < -0.4 is 0 Å². The van der Waals surface area contributed by atoms with Crippen molar-refractivity contribution < 1.29 is 17.1 Å². The molecule has 0 aromatic heterocycles. The van der Waals surface area contributed by atoms with E-state index in [2.05, 4.69) is 24.4 Å². The molecule has 69 valence electrons. The second kappa shape index (κ2) is 12.9. The number of nitrogens with zero attached hydrogens (tertiary/aromatic N) is 2. The Morgan fingerprint density at radius 2 is 1.09 bits per heavy atom. The van der Waals surface area contributed by atoms with E-state index in [0.717, 1.165) is 11.0 Å². The van der Waals surface area contributed by atoms with Gasteiger partial charge in [0, 0.05) is 0 Å². The fourth-order valence-corrected chi connectivity index (χ4v) is 0. The van der Waals surface area contributed by atoms with Crippen LogP contribution in [0.3, 0.4) is 0 Å². The first-order valence-corrected chi connectivity index (χ1v) is 3.19. The van der Waals surface area contributed by atoms with Gasteiger partial charge in [0.25, 0.3) is 0 Å². The van der Waals surface area contributed by atoms with Gasteiger partial charge < -0.3 is 20.5 Å². The van der Waals surface area contributed by atoms with Crippen LogP contribution >= 0.6 is 24.4 Å². The van der Waals surface area contributed by atoms with Crippen LogP contribution in [0.5, 0.6) is 0 Å². The summed E-state index contributed by atoms with van der Waals surface area (Å²) in [5.41, 5.74) is 2.06.